The Morgan fingerprint density at radius 2 is 1.94 bits per heavy atom. The Balaban J connectivity index is 2.27. The van der Waals surface area contributed by atoms with Crippen LogP contribution in [0.25, 0.3) is 0 Å². The van der Waals surface area contributed by atoms with Crippen LogP contribution in [0.3, 0.4) is 0 Å². The van der Waals surface area contributed by atoms with Crippen LogP contribution in [0.1, 0.15) is 37.8 Å². The summed E-state index contributed by atoms with van der Waals surface area (Å²) < 4.78 is 0. The highest BCUT2D eigenvalue weighted by molar-refractivity contribution is 7.98. The molecular weight excluding hydrogens is 285 g/mol. The van der Waals surface area contributed by atoms with Crippen LogP contribution >= 0.6 is 35.0 Å². The maximum Gasteiger partial charge on any atom is 0.0595 e. The maximum atomic E-state index is 6.01. The summed E-state index contributed by atoms with van der Waals surface area (Å²) in [6, 6.07) is 6.14. The second-order valence-electron chi connectivity index (χ2n) is 4.40. The molecule has 0 aromatic heterocycles. The summed E-state index contributed by atoms with van der Waals surface area (Å²) in [7, 11) is 0. The van der Waals surface area contributed by atoms with Crippen LogP contribution in [0.2, 0.25) is 10.0 Å². The number of thioether (sulfide) groups is 1. The quantitative estimate of drug-likeness (QED) is 0.664. The Morgan fingerprint density at radius 1 is 1.17 bits per heavy atom. The lowest BCUT2D eigenvalue weighted by molar-refractivity contribution is 0.545. The molecule has 0 aliphatic heterocycles. The van der Waals surface area contributed by atoms with Crippen molar-refractivity contribution in [3.05, 3.63) is 33.8 Å². The highest BCUT2D eigenvalue weighted by Gasteiger charge is 2.06. The summed E-state index contributed by atoms with van der Waals surface area (Å²) in [6.45, 7) is 3.21. The van der Waals surface area contributed by atoms with E-state index < -0.39 is 0 Å². The maximum absolute atomic E-state index is 6.01. The molecule has 0 spiro atoms. The highest BCUT2D eigenvalue weighted by Crippen LogP contribution is 2.25. The van der Waals surface area contributed by atoms with Gasteiger partial charge in [-0.15, -0.1) is 0 Å². The lowest BCUT2D eigenvalue weighted by Crippen LogP contribution is -2.19. The molecule has 0 saturated carbocycles. The topological polar surface area (TPSA) is 12.0 Å². The molecule has 1 rings (SSSR count). The van der Waals surface area contributed by atoms with Gasteiger partial charge in [0.05, 0.1) is 10.0 Å². The Hall–Kier alpha value is 0.110. The molecule has 0 aliphatic rings. The van der Waals surface area contributed by atoms with E-state index in [1.807, 2.05) is 30.0 Å². The zero-order chi connectivity index (χ0) is 13.4. The fourth-order valence-corrected chi connectivity index (χ4v) is 2.57. The largest absolute Gasteiger partial charge is 0.310 e. The minimum Gasteiger partial charge on any atom is -0.310 e. The van der Waals surface area contributed by atoms with Gasteiger partial charge in [0.2, 0.25) is 0 Å². The minimum absolute atomic E-state index is 0.320. The van der Waals surface area contributed by atoms with E-state index in [1.54, 1.807) is 0 Å². The molecule has 0 amide bonds. The third kappa shape index (κ3) is 5.83. The zero-order valence-corrected chi connectivity index (χ0v) is 13.3. The first-order valence-electron chi connectivity index (χ1n) is 6.32. The zero-order valence-electron chi connectivity index (χ0n) is 11.0. The van der Waals surface area contributed by atoms with E-state index in [2.05, 4.69) is 18.5 Å². The number of halogens is 2. The van der Waals surface area contributed by atoms with Crippen LogP contribution in [0.15, 0.2) is 18.2 Å². The lowest BCUT2D eigenvalue weighted by Gasteiger charge is -2.14. The van der Waals surface area contributed by atoms with Gasteiger partial charge in [-0.05, 0) is 56.0 Å². The molecule has 0 heterocycles. The molecule has 0 radical (unpaired) electrons. The van der Waals surface area contributed by atoms with Gasteiger partial charge in [0.1, 0.15) is 0 Å². The Bertz CT molecular complexity index is 358. The first-order chi connectivity index (χ1) is 8.65. The second kappa shape index (κ2) is 9.08. The van der Waals surface area contributed by atoms with Crippen molar-refractivity contribution in [2.75, 3.05) is 18.6 Å². The smallest absolute Gasteiger partial charge is 0.0595 e. The molecule has 1 nitrogen and oxygen atoms in total. The number of benzene rings is 1. The van der Waals surface area contributed by atoms with E-state index >= 15 is 0 Å². The Labute approximate surface area is 125 Å². The van der Waals surface area contributed by atoms with Gasteiger partial charge in [-0.3, -0.25) is 0 Å². The molecular formula is C14H21Cl2NS. The van der Waals surface area contributed by atoms with E-state index in [0.717, 1.165) is 6.54 Å². The minimum atomic E-state index is 0.320. The van der Waals surface area contributed by atoms with E-state index in [0.29, 0.717) is 16.1 Å². The van der Waals surface area contributed by atoms with Gasteiger partial charge in [0.25, 0.3) is 0 Å². The molecule has 1 unspecified atom stereocenters. The van der Waals surface area contributed by atoms with Gasteiger partial charge >= 0.3 is 0 Å². The summed E-state index contributed by atoms with van der Waals surface area (Å²) in [4.78, 5) is 0. The van der Waals surface area contributed by atoms with Crippen LogP contribution in [0, 0.1) is 0 Å². The molecule has 4 heteroatoms. The van der Waals surface area contributed by atoms with Crippen LogP contribution < -0.4 is 5.32 Å². The summed E-state index contributed by atoms with van der Waals surface area (Å²) in [5.41, 5.74) is 1.19. The molecule has 1 aromatic carbocycles. The molecule has 0 saturated heterocycles. The predicted molar refractivity (Wildman–Crippen MR) is 85.1 cm³/mol. The molecule has 0 bridgehead atoms. The van der Waals surface area contributed by atoms with E-state index in [9.17, 15) is 0 Å². The van der Waals surface area contributed by atoms with Gasteiger partial charge in [0, 0.05) is 6.04 Å². The SMILES string of the molecule is CSCCCCCNC(C)c1ccc(Cl)c(Cl)c1. The van der Waals surface area contributed by atoms with Crippen molar-refractivity contribution >= 4 is 35.0 Å². The third-order valence-corrected chi connectivity index (χ3v) is 4.36. The van der Waals surface area contributed by atoms with Crippen molar-refractivity contribution in [3.63, 3.8) is 0 Å². The van der Waals surface area contributed by atoms with Gasteiger partial charge in [0.15, 0.2) is 0 Å². The number of hydrogen-bond acceptors (Lipinski definition) is 2. The number of nitrogens with one attached hydrogen (secondary N) is 1. The van der Waals surface area contributed by atoms with Crippen molar-refractivity contribution in [1.29, 1.82) is 0 Å². The lowest BCUT2D eigenvalue weighted by atomic mass is 10.1. The first-order valence-corrected chi connectivity index (χ1v) is 8.47. The van der Waals surface area contributed by atoms with E-state index in [1.165, 1.54) is 30.6 Å². The Morgan fingerprint density at radius 3 is 2.61 bits per heavy atom. The third-order valence-electron chi connectivity index (χ3n) is 2.92. The van der Waals surface area contributed by atoms with Crippen LogP contribution in [0.5, 0.6) is 0 Å². The average Bonchev–Trinajstić information content (AvgIpc) is 2.36. The van der Waals surface area contributed by atoms with Crippen molar-refractivity contribution in [1.82, 2.24) is 5.32 Å². The predicted octanol–water partition coefficient (Wildman–Crippen LogP) is 5.18. The van der Waals surface area contributed by atoms with E-state index in [-0.39, 0.29) is 0 Å². The van der Waals surface area contributed by atoms with Crippen molar-refractivity contribution in [2.24, 2.45) is 0 Å². The van der Waals surface area contributed by atoms with Gasteiger partial charge in [-0.1, -0.05) is 35.7 Å². The normalized spacial score (nSPS) is 12.7. The molecule has 18 heavy (non-hydrogen) atoms. The molecule has 1 atom stereocenters. The van der Waals surface area contributed by atoms with Crippen molar-refractivity contribution in [2.45, 2.75) is 32.2 Å². The molecule has 1 aromatic rings. The summed E-state index contributed by atoms with van der Waals surface area (Å²) in [5, 5.41) is 4.76. The Kier molecular flexibility index (Phi) is 8.16. The van der Waals surface area contributed by atoms with Gasteiger partial charge in [-0.25, -0.2) is 0 Å². The number of unbranched alkanes of at least 4 members (excludes halogenated alkanes) is 2. The number of rotatable bonds is 8. The van der Waals surface area contributed by atoms with Gasteiger partial charge < -0.3 is 5.32 Å². The average molecular weight is 306 g/mol. The summed E-state index contributed by atoms with van der Waals surface area (Å²) >= 11 is 13.8. The molecule has 1 N–H and O–H groups in total. The summed E-state index contributed by atoms with van der Waals surface area (Å²) in [6.07, 6.45) is 5.99. The fraction of sp³-hybridized carbons (Fsp3) is 0.571. The fourth-order valence-electron chi connectivity index (χ4n) is 1.77. The standard InChI is InChI=1S/C14H21Cl2NS/c1-11(17-8-4-3-5-9-18-2)12-6-7-13(15)14(16)10-12/h6-7,10-11,17H,3-5,8-9H2,1-2H3. The monoisotopic (exact) mass is 305 g/mol. The molecule has 0 aliphatic carbocycles. The van der Waals surface area contributed by atoms with Crippen LogP contribution in [-0.4, -0.2) is 18.6 Å². The highest BCUT2D eigenvalue weighted by atomic mass is 35.5. The van der Waals surface area contributed by atoms with Crippen LogP contribution in [-0.2, 0) is 0 Å². The second-order valence-corrected chi connectivity index (χ2v) is 6.20. The van der Waals surface area contributed by atoms with Crippen molar-refractivity contribution < 1.29 is 0 Å². The number of hydrogen-bond donors (Lipinski definition) is 1. The first kappa shape index (κ1) is 16.2. The van der Waals surface area contributed by atoms with Crippen LogP contribution in [0.4, 0.5) is 0 Å². The van der Waals surface area contributed by atoms with Gasteiger partial charge in [-0.2, -0.15) is 11.8 Å². The summed E-state index contributed by atoms with van der Waals surface area (Å²) in [5.74, 6) is 1.27. The van der Waals surface area contributed by atoms with E-state index in [4.69, 9.17) is 23.2 Å². The molecule has 0 fully saturated rings. The molecule has 102 valence electrons. The van der Waals surface area contributed by atoms with Crippen molar-refractivity contribution in [3.8, 4) is 0 Å².